The van der Waals surface area contributed by atoms with Gasteiger partial charge in [-0.05, 0) is 5.56 Å². The quantitative estimate of drug-likeness (QED) is 0.453. The lowest BCUT2D eigenvalue weighted by atomic mass is 10.1. The monoisotopic (exact) mass is 296 g/mol. The Morgan fingerprint density at radius 3 is 2.48 bits per heavy atom. The van der Waals surface area contributed by atoms with Crippen LogP contribution >= 0.6 is 0 Å². The van der Waals surface area contributed by atoms with E-state index in [2.05, 4.69) is 4.74 Å². The molecule has 1 aromatic rings. The molecule has 1 aliphatic rings. The fourth-order valence-corrected chi connectivity index (χ4v) is 2.03. The molecule has 114 valence electrons. The lowest BCUT2D eigenvalue weighted by molar-refractivity contribution is -0.152. The molecule has 2 rings (SSSR count). The summed E-state index contributed by atoms with van der Waals surface area (Å²) in [6.45, 7) is -0.919. The largest absolute Gasteiger partial charge is 0.450 e. The molecular weight excluding hydrogens is 280 g/mol. The Labute approximate surface area is 120 Å². The van der Waals surface area contributed by atoms with Crippen molar-refractivity contribution in [3.63, 3.8) is 0 Å². The Morgan fingerprint density at radius 1 is 1.19 bits per heavy atom. The molecule has 0 spiro atoms. The van der Waals surface area contributed by atoms with Gasteiger partial charge in [-0.3, -0.25) is 4.79 Å². The van der Waals surface area contributed by atoms with Gasteiger partial charge in [0, 0.05) is 0 Å². The summed E-state index contributed by atoms with van der Waals surface area (Å²) in [6, 6.07) is 8.64. The van der Waals surface area contributed by atoms with Crippen molar-refractivity contribution in [2.24, 2.45) is 0 Å². The van der Waals surface area contributed by atoms with Crippen LogP contribution in [0.15, 0.2) is 30.3 Å². The van der Waals surface area contributed by atoms with Crippen molar-refractivity contribution in [1.29, 1.82) is 0 Å². The van der Waals surface area contributed by atoms with Crippen molar-refractivity contribution in [2.75, 3.05) is 13.2 Å². The highest BCUT2D eigenvalue weighted by molar-refractivity contribution is 6.37. The zero-order valence-corrected chi connectivity index (χ0v) is 11.1. The fraction of sp³-hybridized carbons (Fsp3) is 0.429. The third-order valence-electron chi connectivity index (χ3n) is 3.19. The normalized spacial score (nSPS) is 24.7. The zero-order chi connectivity index (χ0) is 15.4. The Hall–Kier alpha value is -1.80. The number of ether oxygens (including phenoxy) is 2. The van der Waals surface area contributed by atoms with Crippen LogP contribution < -0.4 is 0 Å². The highest BCUT2D eigenvalue weighted by Gasteiger charge is 2.48. The molecule has 21 heavy (non-hydrogen) atoms. The summed E-state index contributed by atoms with van der Waals surface area (Å²) in [5.41, 5.74) is 0.592. The van der Waals surface area contributed by atoms with Gasteiger partial charge < -0.3 is 24.8 Å². The SMILES string of the molecule is O=C1O[C@H]([C@@H](O)CO)C(OCC(O)c2ccccc2)C1=O. The van der Waals surface area contributed by atoms with Crippen LogP contribution in [0, 0.1) is 0 Å². The second kappa shape index (κ2) is 6.77. The Bertz CT molecular complexity index is 501. The van der Waals surface area contributed by atoms with Gasteiger partial charge in [0.25, 0.3) is 5.78 Å². The van der Waals surface area contributed by atoms with E-state index in [0.717, 1.165) is 0 Å². The number of Topliss-reactive ketones (excluding diaryl/α,β-unsaturated/α-hetero) is 1. The van der Waals surface area contributed by atoms with E-state index in [4.69, 9.17) is 9.84 Å². The van der Waals surface area contributed by atoms with Gasteiger partial charge in [-0.15, -0.1) is 0 Å². The van der Waals surface area contributed by atoms with E-state index < -0.39 is 42.8 Å². The van der Waals surface area contributed by atoms with Crippen LogP contribution in [-0.2, 0) is 19.1 Å². The van der Waals surface area contributed by atoms with Crippen molar-refractivity contribution in [3.05, 3.63) is 35.9 Å². The van der Waals surface area contributed by atoms with Crippen LogP contribution in [0.2, 0.25) is 0 Å². The van der Waals surface area contributed by atoms with Gasteiger partial charge >= 0.3 is 5.97 Å². The number of carbonyl (C=O) groups excluding carboxylic acids is 2. The molecule has 0 bridgehead atoms. The highest BCUT2D eigenvalue weighted by atomic mass is 16.6. The number of hydrogen-bond donors (Lipinski definition) is 3. The molecule has 7 heteroatoms. The van der Waals surface area contributed by atoms with E-state index in [-0.39, 0.29) is 6.61 Å². The maximum absolute atomic E-state index is 11.6. The van der Waals surface area contributed by atoms with E-state index in [1.807, 2.05) is 0 Å². The topological polar surface area (TPSA) is 113 Å². The van der Waals surface area contributed by atoms with Crippen LogP contribution in [0.5, 0.6) is 0 Å². The third kappa shape index (κ3) is 3.45. The van der Waals surface area contributed by atoms with Crippen molar-refractivity contribution >= 4 is 11.8 Å². The number of esters is 1. The molecule has 1 aromatic carbocycles. The predicted molar refractivity (Wildman–Crippen MR) is 69.1 cm³/mol. The Balaban J connectivity index is 2.00. The summed E-state index contributed by atoms with van der Waals surface area (Å²) in [7, 11) is 0. The number of benzene rings is 1. The first kappa shape index (κ1) is 15.6. The highest BCUT2D eigenvalue weighted by Crippen LogP contribution is 2.21. The average molecular weight is 296 g/mol. The molecular formula is C14H16O7. The average Bonchev–Trinajstić information content (AvgIpc) is 2.80. The molecule has 0 radical (unpaired) electrons. The maximum atomic E-state index is 11.6. The van der Waals surface area contributed by atoms with E-state index >= 15 is 0 Å². The number of hydrogen-bond acceptors (Lipinski definition) is 7. The second-order valence-electron chi connectivity index (χ2n) is 4.66. The van der Waals surface area contributed by atoms with Gasteiger partial charge in [-0.1, -0.05) is 30.3 Å². The minimum Gasteiger partial charge on any atom is -0.450 e. The van der Waals surface area contributed by atoms with Crippen LogP contribution in [0.3, 0.4) is 0 Å². The molecule has 0 amide bonds. The standard InChI is InChI=1S/C14H16O7/c15-6-9(16)12-13(11(18)14(19)21-12)20-7-10(17)8-4-2-1-3-5-8/h1-5,9-10,12-13,15-17H,6-7H2/t9-,10?,12+,13?/m0/s1. The Morgan fingerprint density at radius 2 is 1.86 bits per heavy atom. The molecule has 4 atom stereocenters. The number of cyclic esters (lactones) is 1. The summed E-state index contributed by atoms with van der Waals surface area (Å²) >= 11 is 0. The number of aliphatic hydroxyl groups is 3. The molecule has 1 heterocycles. The predicted octanol–water partition coefficient (Wildman–Crippen LogP) is -1.05. The van der Waals surface area contributed by atoms with Gasteiger partial charge in [0.2, 0.25) is 0 Å². The fourth-order valence-electron chi connectivity index (χ4n) is 2.03. The first-order valence-corrected chi connectivity index (χ1v) is 6.43. The zero-order valence-electron chi connectivity index (χ0n) is 11.1. The third-order valence-corrected chi connectivity index (χ3v) is 3.19. The van der Waals surface area contributed by atoms with Crippen molar-refractivity contribution in [2.45, 2.75) is 24.4 Å². The minimum atomic E-state index is -1.42. The molecule has 0 aliphatic carbocycles. The number of aliphatic hydroxyl groups excluding tert-OH is 3. The van der Waals surface area contributed by atoms with Crippen molar-refractivity contribution < 1.29 is 34.4 Å². The smallest absolute Gasteiger partial charge is 0.378 e. The summed E-state index contributed by atoms with van der Waals surface area (Å²) < 4.78 is 9.89. The first-order chi connectivity index (χ1) is 10.0. The number of carbonyl (C=O) groups is 2. The molecule has 2 unspecified atom stereocenters. The minimum absolute atomic E-state index is 0.244. The van der Waals surface area contributed by atoms with E-state index in [0.29, 0.717) is 5.56 Å². The molecule has 3 N–H and O–H groups in total. The molecule has 1 aliphatic heterocycles. The summed E-state index contributed by atoms with van der Waals surface area (Å²) in [5.74, 6) is -2.06. The van der Waals surface area contributed by atoms with Gasteiger partial charge in [0.05, 0.1) is 13.2 Å². The number of rotatable bonds is 6. The molecule has 1 saturated heterocycles. The first-order valence-electron chi connectivity index (χ1n) is 6.43. The van der Waals surface area contributed by atoms with E-state index in [1.54, 1.807) is 30.3 Å². The van der Waals surface area contributed by atoms with Gasteiger partial charge in [0.1, 0.15) is 12.2 Å². The molecule has 0 aromatic heterocycles. The van der Waals surface area contributed by atoms with Crippen LogP contribution in [0.4, 0.5) is 0 Å². The Kier molecular flexibility index (Phi) is 5.03. The van der Waals surface area contributed by atoms with Gasteiger partial charge in [-0.2, -0.15) is 0 Å². The lowest BCUT2D eigenvalue weighted by Crippen LogP contribution is -2.41. The molecule has 1 fully saturated rings. The molecule has 0 saturated carbocycles. The van der Waals surface area contributed by atoms with E-state index in [1.165, 1.54) is 0 Å². The maximum Gasteiger partial charge on any atom is 0.378 e. The number of ketones is 1. The molecule has 7 nitrogen and oxygen atoms in total. The summed E-state index contributed by atoms with van der Waals surface area (Å²) in [4.78, 5) is 22.8. The second-order valence-corrected chi connectivity index (χ2v) is 4.66. The lowest BCUT2D eigenvalue weighted by Gasteiger charge is -2.21. The van der Waals surface area contributed by atoms with Gasteiger partial charge in [-0.25, -0.2) is 4.79 Å². The van der Waals surface area contributed by atoms with Crippen LogP contribution in [0.25, 0.3) is 0 Å². The summed E-state index contributed by atoms with van der Waals surface area (Å²) in [5, 5.41) is 28.3. The van der Waals surface area contributed by atoms with Crippen LogP contribution in [-0.4, -0.2) is 58.6 Å². The van der Waals surface area contributed by atoms with Gasteiger partial charge in [0.15, 0.2) is 12.2 Å². The van der Waals surface area contributed by atoms with E-state index in [9.17, 15) is 19.8 Å². The van der Waals surface area contributed by atoms with Crippen molar-refractivity contribution in [1.82, 2.24) is 0 Å². The van der Waals surface area contributed by atoms with Crippen LogP contribution in [0.1, 0.15) is 11.7 Å². The summed E-state index contributed by atoms with van der Waals surface area (Å²) in [6.07, 6.45) is -5.00. The van der Waals surface area contributed by atoms with Crippen molar-refractivity contribution in [3.8, 4) is 0 Å².